The summed E-state index contributed by atoms with van der Waals surface area (Å²) in [5.41, 5.74) is 3.48. The summed E-state index contributed by atoms with van der Waals surface area (Å²) >= 11 is 1.42. The third kappa shape index (κ3) is 6.69. The maximum absolute atomic E-state index is 13.8. The number of sulfonamides is 1. The van der Waals surface area contributed by atoms with Crippen molar-refractivity contribution in [2.24, 2.45) is 0 Å². The van der Waals surface area contributed by atoms with Gasteiger partial charge < -0.3 is 10.4 Å². The minimum Gasteiger partial charge on any atom is -0.387 e. The van der Waals surface area contributed by atoms with Crippen molar-refractivity contribution in [1.29, 1.82) is 0 Å². The Balaban J connectivity index is 1.22. The lowest BCUT2D eigenvalue weighted by atomic mass is 10.1. The van der Waals surface area contributed by atoms with Gasteiger partial charge in [0.1, 0.15) is 6.04 Å². The van der Waals surface area contributed by atoms with Crippen molar-refractivity contribution < 1.29 is 18.3 Å². The maximum atomic E-state index is 13.8. The van der Waals surface area contributed by atoms with E-state index in [1.54, 1.807) is 42.6 Å². The number of aliphatic hydroxyl groups excluding tert-OH is 1. The average molecular weight is 625 g/mol. The monoisotopic (exact) mass is 624 g/mol. The van der Waals surface area contributed by atoms with Gasteiger partial charge >= 0.3 is 0 Å². The van der Waals surface area contributed by atoms with Crippen molar-refractivity contribution in [3.8, 4) is 11.1 Å². The standard InChI is InChI=1S/C34H32N4O4S2/c39-33(27-10-5-2-6-11-27)23-36-34(40)32-24-37(20-21-38(32)43-29-15-18-31-28(22-29)12-7-19-35-31)44(41,42)30-16-13-26(14-17-30)25-8-3-1-4-9-25/h1-19,22,32-33,39H,20-21,23-24H2,(H,36,40). The van der Waals surface area contributed by atoms with Crippen LogP contribution in [0.25, 0.3) is 22.0 Å². The van der Waals surface area contributed by atoms with Crippen LogP contribution in [0.2, 0.25) is 0 Å². The molecule has 1 amide bonds. The molecule has 0 saturated carbocycles. The van der Waals surface area contributed by atoms with E-state index in [-0.39, 0.29) is 30.4 Å². The number of benzene rings is 4. The van der Waals surface area contributed by atoms with Crippen LogP contribution in [0, 0.1) is 0 Å². The highest BCUT2D eigenvalue weighted by molar-refractivity contribution is 7.97. The fraction of sp³-hybridized carbons (Fsp3) is 0.176. The summed E-state index contributed by atoms with van der Waals surface area (Å²) in [6.07, 6.45) is 0.856. The molecule has 2 unspecified atom stereocenters. The van der Waals surface area contributed by atoms with Crippen molar-refractivity contribution in [1.82, 2.24) is 18.9 Å². The van der Waals surface area contributed by atoms with E-state index >= 15 is 0 Å². The van der Waals surface area contributed by atoms with Gasteiger partial charge in [-0.2, -0.15) is 4.31 Å². The van der Waals surface area contributed by atoms with Gasteiger partial charge in [-0.05, 0) is 65.0 Å². The summed E-state index contributed by atoms with van der Waals surface area (Å²) in [4.78, 5) is 19.1. The molecule has 0 radical (unpaired) electrons. The van der Waals surface area contributed by atoms with E-state index in [9.17, 15) is 18.3 Å². The van der Waals surface area contributed by atoms with Crippen molar-refractivity contribution in [3.05, 3.63) is 127 Å². The van der Waals surface area contributed by atoms with Crippen molar-refractivity contribution >= 4 is 38.8 Å². The van der Waals surface area contributed by atoms with Crippen LogP contribution >= 0.6 is 11.9 Å². The minimum atomic E-state index is -3.87. The highest BCUT2D eigenvalue weighted by Gasteiger charge is 2.38. The molecule has 0 spiro atoms. The van der Waals surface area contributed by atoms with Gasteiger partial charge in [0.05, 0.1) is 16.5 Å². The van der Waals surface area contributed by atoms with Gasteiger partial charge in [0.2, 0.25) is 15.9 Å². The maximum Gasteiger partial charge on any atom is 0.243 e. The molecule has 1 fully saturated rings. The van der Waals surface area contributed by atoms with Crippen molar-refractivity contribution in [3.63, 3.8) is 0 Å². The number of amides is 1. The topological polar surface area (TPSA) is 103 Å². The number of carbonyl (C=O) groups excluding carboxylic acids is 1. The summed E-state index contributed by atoms with van der Waals surface area (Å²) < 4.78 is 30.9. The summed E-state index contributed by atoms with van der Waals surface area (Å²) in [7, 11) is -3.87. The van der Waals surface area contributed by atoms with Crippen molar-refractivity contribution in [2.75, 3.05) is 26.2 Å². The molecule has 6 rings (SSSR count). The highest BCUT2D eigenvalue weighted by Crippen LogP contribution is 2.32. The lowest BCUT2D eigenvalue weighted by Crippen LogP contribution is -2.58. The molecule has 224 valence electrons. The number of nitrogens with zero attached hydrogens (tertiary/aromatic N) is 3. The first kappa shape index (κ1) is 30.0. The van der Waals surface area contributed by atoms with Crippen LogP contribution in [-0.2, 0) is 14.8 Å². The Labute approximate surface area is 261 Å². The number of rotatable bonds is 9. The molecule has 0 aliphatic carbocycles. The number of pyridine rings is 1. The molecular weight excluding hydrogens is 593 g/mol. The van der Waals surface area contributed by atoms with Gasteiger partial charge in [0.15, 0.2) is 0 Å². The molecule has 1 aliphatic rings. The van der Waals surface area contributed by atoms with Crippen LogP contribution in [0.5, 0.6) is 0 Å². The number of nitrogens with one attached hydrogen (secondary N) is 1. The molecule has 1 aromatic heterocycles. The average Bonchev–Trinajstić information content (AvgIpc) is 3.08. The molecule has 0 bridgehead atoms. The Bertz CT molecular complexity index is 1840. The Morgan fingerprint density at radius 3 is 2.34 bits per heavy atom. The Morgan fingerprint density at radius 2 is 1.59 bits per heavy atom. The van der Waals surface area contributed by atoms with Crippen LogP contribution < -0.4 is 5.32 Å². The fourth-order valence-electron chi connectivity index (χ4n) is 5.24. The predicted molar refractivity (Wildman–Crippen MR) is 173 cm³/mol. The summed E-state index contributed by atoms with van der Waals surface area (Å²) in [5.74, 6) is -0.353. The SMILES string of the molecule is O=C(NCC(O)c1ccccc1)C1CN(S(=O)(=O)c2ccc(-c3ccccc3)cc2)CCN1Sc1ccc2ncccc2c1. The number of piperazine rings is 1. The molecule has 2 atom stereocenters. The molecule has 1 aliphatic heterocycles. The van der Waals surface area contributed by atoms with E-state index in [4.69, 9.17) is 0 Å². The number of hydrogen-bond donors (Lipinski definition) is 2. The molecule has 2 N–H and O–H groups in total. The van der Waals surface area contributed by atoms with Crippen LogP contribution in [0.15, 0.2) is 131 Å². The fourth-order valence-corrected chi connectivity index (χ4v) is 7.72. The van der Waals surface area contributed by atoms with Gasteiger partial charge in [0.25, 0.3) is 0 Å². The molecule has 10 heteroatoms. The normalized spacial score (nSPS) is 16.9. The van der Waals surface area contributed by atoms with Gasteiger partial charge in [-0.15, -0.1) is 0 Å². The van der Waals surface area contributed by atoms with E-state index in [0.29, 0.717) is 12.1 Å². The molecule has 8 nitrogen and oxygen atoms in total. The molecule has 4 aromatic carbocycles. The number of carbonyl (C=O) groups is 1. The van der Waals surface area contributed by atoms with E-state index in [1.807, 2.05) is 83.2 Å². The number of aliphatic hydroxyl groups is 1. The second-order valence-electron chi connectivity index (χ2n) is 10.5. The lowest BCUT2D eigenvalue weighted by molar-refractivity contribution is -0.126. The van der Waals surface area contributed by atoms with Crippen molar-refractivity contribution in [2.45, 2.75) is 21.9 Å². The van der Waals surface area contributed by atoms with E-state index in [2.05, 4.69) is 10.3 Å². The van der Waals surface area contributed by atoms with Gasteiger partial charge in [-0.3, -0.25) is 9.78 Å². The van der Waals surface area contributed by atoms with Gasteiger partial charge in [0, 0.05) is 42.7 Å². The molecule has 5 aromatic rings. The Morgan fingerprint density at radius 1 is 0.886 bits per heavy atom. The third-order valence-corrected chi connectivity index (χ3v) is 10.7. The largest absolute Gasteiger partial charge is 0.387 e. The molecule has 2 heterocycles. The first-order valence-corrected chi connectivity index (χ1v) is 16.6. The smallest absolute Gasteiger partial charge is 0.243 e. The van der Waals surface area contributed by atoms with Crippen LogP contribution in [-0.4, -0.2) is 65.2 Å². The molecule has 44 heavy (non-hydrogen) atoms. The molecular formula is C34H32N4O4S2. The first-order valence-electron chi connectivity index (χ1n) is 14.3. The lowest BCUT2D eigenvalue weighted by Gasteiger charge is -2.39. The van der Waals surface area contributed by atoms with E-state index < -0.39 is 22.2 Å². The van der Waals surface area contributed by atoms with Gasteiger partial charge in [-0.1, -0.05) is 78.9 Å². The minimum absolute atomic E-state index is 0.00714. The number of fused-ring (bicyclic) bond motifs is 1. The Hall–Kier alpha value is -4.06. The number of aromatic nitrogens is 1. The van der Waals surface area contributed by atoms with E-state index in [0.717, 1.165) is 26.9 Å². The summed E-state index contributed by atoms with van der Waals surface area (Å²) in [5, 5.41) is 14.5. The Kier molecular flexibility index (Phi) is 9.06. The van der Waals surface area contributed by atoms with Crippen LogP contribution in [0.3, 0.4) is 0 Å². The number of hydrogen-bond acceptors (Lipinski definition) is 7. The zero-order valence-electron chi connectivity index (χ0n) is 23.9. The predicted octanol–water partition coefficient (Wildman–Crippen LogP) is 5.13. The van der Waals surface area contributed by atoms with Crippen LogP contribution in [0.1, 0.15) is 11.7 Å². The van der Waals surface area contributed by atoms with Crippen LogP contribution in [0.4, 0.5) is 0 Å². The summed E-state index contributed by atoms with van der Waals surface area (Å²) in [6.45, 7) is 0.531. The highest BCUT2D eigenvalue weighted by atomic mass is 32.2. The van der Waals surface area contributed by atoms with E-state index in [1.165, 1.54) is 16.3 Å². The second-order valence-corrected chi connectivity index (χ2v) is 13.6. The quantitative estimate of drug-likeness (QED) is 0.219. The first-order chi connectivity index (χ1) is 21.4. The van der Waals surface area contributed by atoms with Gasteiger partial charge in [-0.25, -0.2) is 12.7 Å². The third-order valence-electron chi connectivity index (χ3n) is 7.65. The summed E-state index contributed by atoms with van der Waals surface area (Å²) in [6, 6.07) is 34.7. The zero-order chi connectivity index (χ0) is 30.5. The molecule has 1 saturated heterocycles. The zero-order valence-corrected chi connectivity index (χ0v) is 25.5. The second kappa shape index (κ2) is 13.3.